The fraction of sp³-hybridized carbons (Fsp3) is 0.400. The van der Waals surface area contributed by atoms with Crippen molar-refractivity contribution in [1.82, 2.24) is 9.97 Å². The summed E-state index contributed by atoms with van der Waals surface area (Å²) in [4.78, 5) is 11.9. The lowest BCUT2D eigenvalue weighted by Crippen LogP contribution is -2.08. The number of hydrogen-bond donors (Lipinski definition) is 0. The molecule has 0 radical (unpaired) electrons. The molecule has 2 nitrogen and oxygen atoms in total. The Kier molecular flexibility index (Phi) is 4.86. The summed E-state index contributed by atoms with van der Waals surface area (Å²) in [5.74, 6) is 1.92. The fourth-order valence-electron chi connectivity index (χ4n) is 3.45. The van der Waals surface area contributed by atoms with Gasteiger partial charge in [0.15, 0.2) is 0 Å². The van der Waals surface area contributed by atoms with Gasteiger partial charge in [0.05, 0.1) is 0 Å². The third-order valence-corrected chi connectivity index (χ3v) is 6.99. The van der Waals surface area contributed by atoms with Crippen LogP contribution in [0.25, 0.3) is 10.2 Å². The molecule has 3 aromatic rings. The lowest BCUT2D eigenvalue weighted by Gasteiger charge is -2.18. The van der Waals surface area contributed by atoms with Crippen LogP contribution in [0.5, 0.6) is 0 Å². The largest absolute Gasteiger partial charge is 0.229 e. The molecule has 0 amide bonds. The van der Waals surface area contributed by atoms with E-state index in [0.717, 1.165) is 18.1 Å². The minimum atomic E-state index is 0.806. The maximum atomic E-state index is 4.61. The summed E-state index contributed by atoms with van der Waals surface area (Å²) in [6, 6.07) is 10.7. The highest BCUT2D eigenvalue weighted by molar-refractivity contribution is 7.99. The van der Waals surface area contributed by atoms with Gasteiger partial charge in [-0.15, -0.1) is 23.1 Å². The first kappa shape index (κ1) is 16.1. The number of nitrogens with zero attached hydrogens (tertiary/aromatic N) is 2. The highest BCUT2D eigenvalue weighted by Gasteiger charge is 2.22. The molecular formula is C20H22N2S2. The lowest BCUT2D eigenvalue weighted by atomic mass is 9.89. The molecule has 0 aliphatic heterocycles. The van der Waals surface area contributed by atoms with E-state index in [1.807, 2.05) is 23.1 Å². The summed E-state index contributed by atoms with van der Waals surface area (Å²) in [6.45, 7) is 2.36. The van der Waals surface area contributed by atoms with Gasteiger partial charge in [0, 0.05) is 10.3 Å². The van der Waals surface area contributed by atoms with Crippen LogP contribution in [0, 0.1) is 5.92 Å². The molecule has 2 aromatic heterocycles. The van der Waals surface area contributed by atoms with E-state index in [0.29, 0.717) is 0 Å². The van der Waals surface area contributed by atoms with E-state index in [2.05, 4.69) is 47.2 Å². The first-order valence-corrected chi connectivity index (χ1v) is 10.5. The summed E-state index contributed by atoms with van der Waals surface area (Å²) < 4.78 is 0. The molecule has 124 valence electrons. The summed E-state index contributed by atoms with van der Waals surface area (Å²) in [6.07, 6.45) is 7.78. The Morgan fingerprint density at radius 3 is 2.96 bits per heavy atom. The standard InChI is InChI=1S/C20H22N2S2/c1-14-9-10-16-17(12-14)24-20-18(16)19(21-13-22-20)23-11-5-8-15-6-3-2-4-7-15/h2-4,6-7,13-14H,5,8-12H2,1H3. The lowest BCUT2D eigenvalue weighted by molar-refractivity contribution is 0.509. The summed E-state index contributed by atoms with van der Waals surface area (Å²) in [5, 5.41) is 2.55. The van der Waals surface area contributed by atoms with Gasteiger partial charge in [0.2, 0.25) is 0 Å². The molecule has 1 unspecified atom stereocenters. The zero-order valence-corrected chi connectivity index (χ0v) is 15.6. The van der Waals surface area contributed by atoms with Gasteiger partial charge in [-0.25, -0.2) is 9.97 Å². The third kappa shape index (κ3) is 3.35. The van der Waals surface area contributed by atoms with Crippen LogP contribution >= 0.6 is 23.1 Å². The molecule has 1 aliphatic rings. The van der Waals surface area contributed by atoms with E-state index in [1.54, 1.807) is 16.8 Å². The van der Waals surface area contributed by atoms with E-state index in [4.69, 9.17) is 0 Å². The number of benzene rings is 1. The van der Waals surface area contributed by atoms with Crippen LogP contribution in [0.3, 0.4) is 0 Å². The first-order valence-electron chi connectivity index (χ1n) is 8.73. The zero-order valence-electron chi connectivity index (χ0n) is 14.0. The summed E-state index contributed by atoms with van der Waals surface area (Å²) in [7, 11) is 0. The van der Waals surface area contributed by atoms with Crippen molar-refractivity contribution in [2.45, 2.75) is 44.1 Å². The molecule has 0 fully saturated rings. The molecule has 1 atom stereocenters. The second-order valence-corrected chi connectivity index (χ2v) is 8.82. The second kappa shape index (κ2) is 7.24. The minimum Gasteiger partial charge on any atom is -0.229 e. The van der Waals surface area contributed by atoms with Crippen LogP contribution < -0.4 is 0 Å². The van der Waals surface area contributed by atoms with Crippen molar-refractivity contribution in [2.24, 2.45) is 5.92 Å². The van der Waals surface area contributed by atoms with E-state index in [9.17, 15) is 0 Å². The number of rotatable bonds is 5. The van der Waals surface area contributed by atoms with Crippen molar-refractivity contribution in [3.8, 4) is 0 Å². The summed E-state index contributed by atoms with van der Waals surface area (Å²) >= 11 is 3.79. The molecular weight excluding hydrogens is 332 g/mol. The van der Waals surface area contributed by atoms with Gasteiger partial charge in [0.1, 0.15) is 16.2 Å². The molecule has 0 saturated carbocycles. The monoisotopic (exact) mass is 354 g/mol. The Morgan fingerprint density at radius 2 is 2.08 bits per heavy atom. The highest BCUT2D eigenvalue weighted by atomic mass is 32.2. The van der Waals surface area contributed by atoms with Crippen molar-refractivity contribution in [3.05, 3.63) is 52.7 Å². The number of thiophene rings is 1. The average molecular weight is 355 g/mol. The number of fused-ring (bicyclic) bond motifs is 3. The van der Waals surface area contributed by atoms with Crippen LogP contribution in [-0.4, -0.2) is 15.7 Å². The SMILES string of the molecule is CC1CCc2c(sc3ncnc(SCCCc4ccccc4)c23)C1. The molecule has 0 N–H and O–H groups in total. The van der Waals surface area contributed by atoms with Gasteiger partial charge in [0.25, 0.3) is 0 Å². The Morgan fingerprint density at radius 1 is 1.21 bits per heavy atom. The number of aryl methyl sites for hydroxylation is 2. The Balaban J connectivity index is 1.48. The van der Waals surface area contributed by atoms with Gasteiger partial charge in [-0.05, 0) is 54.9 Å². The first-order chi connectivity index (χ1) is 11.8. The molecule has 4 rings (SSSR count). The van der Waals surface area contributed by atoms with Gasteiger partial charge >= 0.3 is 0 Å². The van der Waals surface area contributed by atoms with Crippen LogP contribution in [-0.2, 0) is 19.3 Å². The van der Waals surface area contributed by atoms with Gasteiger partial charge in [-0.3, -0.25) is 0 Å². The van der Waals surface area contributed by atoms with Gasteiger partial charge in [-0.2, -0.15) is 0 Å². The second-order valence-electron chi connectivity index (χ2n) is 6.65. The molecule has 1 aliphatic carbocycles. The van der Waals surface area contributed by atoms with Crippen LogP contribution in [0.1, 0.15) is 35.8 Å². The molecule has 1 aromatic carbocycles. The molecule has 0 saturated heterocycles. The Hall–Kier alpha value is -1.39. The van der Waals surface area contributed by atoms with Crippen LogP contribution in [0.15, 0.2) is 41.7 Å². The maximum absolute atomic E-state index is 4.61. The molecule has 2 heterocycles. The number of aromatic nitrogens is 2. The summed E-state index contributed by atoms with van der Waals surface area (Å²) in [5.41, 5.74) is 2.96. The molecule has 24 heavy (non-hydrogen) atoms. The van der Waals surface area contributed by atoms with Crippen molar-refractivity contribution >= 4 is 33.3 Å². The highest BCUT2D eigenvalue weighted by Crippen LogP contribution is 2.40. The van der Waals surface area contributed by atoms with Gasteiger partial charge in [-0.1, -0.05) is 37.3 Å². The molecule has 0 spiro atoms. The van der Waals surface area contributed by atoms with E-state index >= 15 is 0 Å². The quantitative estimate of drug-likeness (QED) is 0.342. The van der Waals surface area contributed by atoms with E-state index in [-0.39, 0.29) is 0 Å². The van der Waals surface area contributed by atoms with Crippen molar-refractivity contribution in [2.75, 3.05) is 5.75 Å². The van der Waals surface area contributed by atoms with Crippen LogP contribution in [0.4, 0.5) is 0 Å². The topological polar surface area (TPSA) is 25.8 Å². The van der Waals surface area contributed by atoms with Crippen molar-refractivity contribution < 1.29 is 0 Å². The van der Waals surface area contributed by atoms with Crippen molar-refractivity contribution in [1.29, 1.82) is 0 Å². The van der Waals surface area contributed by atoms with E-state index < -0.39 is 0 Å². The third-order valence-electron chi connectivity index (χ3n) is 4.75. The molecule has 4 heteroatoms. The predicted octanol–water partition coefficient (Wildman–Crippen LogP) is 5.54. The van der Waals surface area contributed by atoms with Gasteiger partial charge < -0.3 is 0 Å². The Labute approximate surface area is 151 Å². The Bertz CT molecular complexity index is 826. The maximum Gasteiger partial charge on any atom is 0.128 e. The average Bonchev–Trinajstić information content (AvgIpc) is 2.97. The van der Waals surface area contributed by atoms with E-state index in [1.165, 1.54) is 46.5 Å². The molecule has 0 bridgehead atoms. The zero-order chi connectivity index (χ0) is 16.4. The number of hydrogen-bond acceptors (Lipinski definition) is 4. The smallest absolute Gasteiger partial charge is 0.128 e. The van der Waals surface area contributed by atoms with Crippen molar-refractivity contribution in [3.63, 3.8) is 0 Å². The van der Waals surface area contributed by atoms with Crippen LogP contribution in [0.2, 0.25) is 0 Å². The number of thioether (sulfide) groups is 1. The normalized spacial score (nSPS) is 17.1. The predicted molar refractivity (Wildman–Crippen MR) is 104 cm³/mol. The minimum absolute atomic E-state index is 0.806. The fourth-order valence-corrected chi connectivity index (χ4v) is 5.83.